The fraction of sp³-hybridized carbons (Fsp3) is 0.364. The van der Waals surface area contributed by atoms with Crippen molar-refractivity contribution < 1.29 is 17.2 Å². The Morgan fingerprint density at radius 3 is 2.67 bits per heavy atom. The van der Waals surface area contributed by atoms with Gasteiger partial charge >= 0.3 is 10.4 Å². The van der Waals surface area contributed by atoms with E-state index in [0.717, 1.165) is 16.9 Å². The Labute approximate surface area is 107 Å². The maximum absolute atomic E-state index is 10.4. The summed E-state index contributed by atoms with van der Waals surface area (Å²) in [6.07, 6.45) is 0. The van der Waals surface area contributed by atoms with E-state index in [4.69, 9.17) is 4.55 Å². The van der Waals surface area contributed by atoms with Gasteiger partial charge in [-0.1, -0.05) is 0 Å². The molecule has 0 spiro atoms. The summed E-state index contributed by atoms with van der Waals surface area (Å²) in [6.45, 7) is 5.60. The Morgan fingerprint density at radius 2 is 2.17 bits per heavy atom. The van der Waals surface area contributed by atoms with Crippen LogP contribution in [0.15, 0.2) is 23.2 Å². The third kappa shape index (κ3) is 4.44. The smallest absolute Gasteiger partial charge is 0.372 e. The van der Waals surface area contributed by atoms with Crippen LogP contribution >= 0.6 is 0 Å². The van der Waals surface area contributed by atoms with Crippen LogP contribution in [0.5, 0.6) is 0 Å². The van der Waals surface area contributed by atoms with Crippen LogP contribution in [0.25, 0.3) is 0 Å². The fourth-order valence-corrected chi connectivity index (χ4v) is 1.75. The van der Waals surface area contributed by atoms with Crippen molar-refractivity contribution in [3.8, 4) is 0 Å². The number of hydrogen-bond donors (Lipinski definition) is 1. The van der Waals surface area contributed by atoms with Crippen molar-refractivity contribution in [1.82, 2.24) is 0 Å². The van der Waals surface area contributed by atoms with E-state index in [0.29, 0.717) is 6.54 Å². The van der Waals surface area contributed by atoms with Crippen LogP contribution in [0.1, 0.15) is 5.56 Å². The zero-order chi connectivity index (χ0) is 13.8. The Morgan fingerprint density at radius 1 is 1.50 bits per heavy atom. The highest BCUT2D eigenvalue weighted by Crippen LogP contribution is 2.23. The van der Waals surface area contributed by atoms with Crippen LogP contribution in [-0.4, -0.2) is 39.9 Å². The van der Waals surface area contributed by atoms with E-state index in [1.165, 1.54) is 0 Å². The molecule has 6 nitrogen and oxygen atoms in total. The lowest BCUT2D eigenvalue weighted by Gasteiger charge is -2.19. The minimum absolute atomic E-state index is 0.115. The summed E-state index contributed by atoms with van der Waals surface area (Å²) in [6, 6.07) is 5.60. The van der Waals surface area contributed by atoms with E-state index >= 15 is 0 Å². The number of rotatable bonds is 6. The average molecular weight is 272 g/mol. The number of aliphatic imine (C=N–C) groups is 1. The first-order valence-electron chi connectivity index (χ1n) is 5.24. The SMILES string of the molecule is C=Nc1ccc(N(C)CCOS(=O)(=O)O)cc1C. The number of aryl methyl sites for hydroxylation is 1. The summed E-state index contributed by atoms with van der Waals surface area (Å²) < 4.78 is 33.4. The molecule has 7 heteroatoms. The highest BCUT2D eigenvalue weighted by atomic mass is 32.3. The number of nitrogens with zero attached hydrogens (tertiary/aromatic N) is 2. The van der Waals surface area contributed by atoms with Crippen LogP contribution in [0.2, 0.25) is 0 Å². The maximum atomic E-state index is 10.4. The second-order valence-corrected chi connectivity index (χ2v) is 4.89. The molecular formula is C11H16N2O4S. The number of benzene rings is 1. The molecule has 0 atom stereocenters. The van der Waals surface area contributed by atoms with Crippen molar-refractivity contribution in [1.29, 1.82) is 0 Å². The van der Waals surface area contributed by atoms with Crippen molar-refractivity contribution in [2.24, 2.45) is 4.99 Å². The van der Waals surface area contributed by atoms with E-state index in [1.54, 1.807) is 7.05 Å². The zero-order valence-corrected chi connectivity index (χ0v) is 11.1. The lowest BCUT2D eigenvalue weighted by Crippen LogP contribution is -2.23. The van der Waals surface area contributed by atoms with Crippen LogP contribution in [-0.2, 0) is 14.6 Å². The number of likely N-dealkylation sites (N-methyl/N-ethyl adjacent to an activating group) is 1. The van der Waals surface area contributed by atoms with Crippen molar-refractivity contribution in [2.75, 3.05) is 25.1 Å². The Bertz CT molecular complexity index is 528. The monoisotopic (exact) mass is 272 g/mol. The Hall–Kier alpha value is -1.44. The molecule has 0 saturated carbocycles. The Balaban J connectivity index is 2.64. The van der Waals surface area contributed by atoms with E-state index < -0.39 is 10.4 Å². The van der Waals surface area contributed by atoms with Gasteiger partial charge in [-0.3, -0.25) is 9.55 Å². The highest BCUT2D eigenvalue weighted by Gasteiger charge is 2.07. The molecule has 0 aliphatic heterocycles. The summed E-state index contributed by atoms with van der Waals surface area (Å²) in [5.74, 6) is 0. The van der Waals surface area contributed by atoms with Gasteiger partial charge in [0.25, 0.3) is 0 Å². The van der Waals surface area contributed by atoms with Gasteiger partial charge < -0.3 is 4.90 Å². The van der Waals surface area contributed by atoms with Gasteiger partial charge in [-0.2, -0.15) is 8.42 Å². The van der Waals surface area contributed by atoms with Gasteiger partial charge in [0, 0.05) is 19.3 Å². The van der Waals surface area contributed by atoms with Gasteiger partial charge in [0.2, 0.25) is 0 Å². The van der Waals surface area contributed by atoms with Gasteiger partial charge in [-0.15, -0.1) is 0 Å². The molecule has 18 heavy (non-hydrogen) atoms. The standard InChI is InChI=1S/C11H16N2O4S/c1-9-8-10(4-5-11(9)12-2)13(3)6-7-17-18(14,15)16/h4-5,8H,2,6-7H2,1,3H3,(H,14,15,16). The van der Waals surface area contributed by atoms with Gasteiger partial charge in [0.15, 0.2) is 0 Å². The fourth-order valence-electron chi connectivity index (χ4n) is 1.46. The first-order chi connectivity index (χ1) is 8.33. The quantitative estimate of drug-likeness (QED) is 0.628. The molecule has 0 aromatic heterocycles. The first-order valence-corrected chi connectivity index (χ1v) is 6.60. The molecule has 0 amide bonds. The summed E-state index contributed by atoms with van der Waals surface area (Å²) in [4.78, 5) is 5.67. The molecule has 0 fully saturated rings. The second-order valence-electron chi connectivity index (χ2n) is 3.80. The minimum Gasteiger partial charge on any atom is -0.372 e. The van der Waals surface area contributed by atoms with E-state index in [2.05, 4.69) is 15.9 Å². The van der Waals surface area contributed by atoms with E-state index in [9.17, 15) is 8.42 Å². The van der Waals surface area contributed by atoms with Crippen molar-refractivity contribution >= 4 is 28.5 Å². The molecule has 0 heterocycles. The summed E-state index contributed by atoms with van der Waals surface area (Å²) in [5.41, 5.74) is 2.69. The normalized spacial score (nSPS) is 11.3. The number of hydrogen-bond acceptors (Lipinski definition) is 5. The molecule has 100 valence electrons. The molecule has 1 aromatic carbocycles. The molecule has 0 bridgehead atoms. The third-order valence-corrected chi connectivity index (χ3v) is 2.91. The summed E-state index contributed by atoms with van der Waals surface area (Å²) in [5, 5.41) is 0. The van der Waals surface area contributed by atoms with Crippen molar-refractivity contribution in [3.63, 3.8) is 0 Å². The largest absolute Gasteiger partial charge is 0.397 e. The van der Waals surface area contributed by atoms with Gasteiger partial charge in [-0.25, -0.2) is 4.18 Å². The predicted octanol–water partition coefficient (Wildman–Crippen LogP) is 1.58. The zero-order valence-electron chi connectivity index (χ0n) is 10.3. The molecule has 1 rings (SSSR count). The predicted molar refractivity (Wildman–Crippen MR) is 71.2 cm³/mol. The molecule has 0 aliphatic rings. The second kappa shape index (κ2) is 5.94. The highest BCUT2D eigenvalue weighted by molar-refractivity contribution is 7.80. The molecule has 1 N–H and O–H groups in total. The third-order valence-electron chi connectivity index (χ3n) is 2.45. The van der Waals surface area contributed by atoms with Gasteiger partial charge in [0.05, 0.1) is 12.3 Å². The molecule has 0 aliphatic carbocycles. The van der Waals surface area contributed by atoms with Crippen molar-refractivity contribution in [3.05, 3.63) is 23.8 Å². The molecular weight excluding hydrogens is 256 g/mol. The van der Waals surface area contributed by atoms with E-state index in [-0.39, 0.29) is 6.61 Å². The molecule has 1 aromatic rings. The lowest BCUT2D eigenvalue weighted by atomic mass is 10.1. The van der Waals surface area contributed by atoms with Crippen molar-refractivity contribution in [2.45, 2.75) is 6.92 Å². The van der Waals surface area contributed by atoms with Gasteiger partial charge in [0.1, 0.15) is 0 Å². The number of anilines is 1. The molecule has 0 radical (unpaired) electrons. The minimum atomic E-state index is -4.37. The molecule has 0 unspecified atom stereocenters. The van der Waals surface area contributed by atoms with Crippen LogP contribution < -0.4 is 4.90 Å². The van der Waals surface area contributed by atoms with E-state index in [1.807, 2.05) is 30.0 Å². The van der Waals surface area contributed by atoms with Crippen LogP contribution in [0.3, 0.4) is 0 Å². The average Bonchev–Trinajstić information content (AvgIpc) is 2.27. The lowest BCUT2D eigenvalue weighted by molar-refractivity contribution is 0.274. The van der Waals surface area contributed by atoms with Crippen LogP contribution in [0, 0.1) is 6.92 Å². The molecule has 0 saturated heterocycles. The van der Waals surface area contributed by atoms with Gasteiger partial charge in [-0.05, 0) is 37.4 Å². The topological polar surface area (TPSA) is 79.2 Å². The maximum Gasteiger partial charge on any atom is 0.397 e. The van der Waals surface area contributed by atoms with Crippen LogP contribution in [0.4, 0.5) is 11.4 Å². The Kier molecular flexibility index (Phi) is 4.83. The summed E-state index contributed by atoms with van der Waals surface area (Å²) >= 11 is 0. The first kappa shape index (κ1) is 14.6. The summed E-state index contributed by atoms with van der Waals surface area (Å²) in [7, 11) is -2.58.